The largest absolute Gasteiger partial charge is 0.465 e. The summed E-state index contributed by atoms with van der Waals surface area (Å²) < 4.78 is 5.05. The third-order valence-corrected chi connectivity index (χ3v) is 3.31. The standard InChI is InChI=1S/C12H24N2O2/c1-4-10-7-6-8-14(10)9-11(13-3)12(15)16-5-2/h10-11,13H,4-9H2,1-3H3. The Morgan fingerprint density at radius 1 is 1.56 bits per heavy atom. The Morgan fingerprint density at radius 2 is 2.31 bits per heavy atom. The minimum Gasteiger partial charge on any atom is -0.465 e. The highest BCUT2D eigenvalue weighted by atomic mass is 16.5. The van der Waals surface area contributed by atoms with Gasteiger partial charge in [0.15, 0.2) is 0 Å². The van der Waals surface area contributed by atoms with E-state index in [9.17, 15) is 4.79 Å². The summed E-state index contributed by atoms with van der Waals surface area (Å²) in [6, 6.07) is 0.456. The number of ether oxygens (including phenoxy) is 1. The molecule has 0 spiro atoms. The van der Waals surface area contributed by atoms with Crippen molar-refractivity contribution in [3.05, 3.63) is 0 Å². The molecule has 0 aromatic heterocycles. The Balaban J connectivity index is 2.45. The van der Waals surface area contributed by atoms with Crippen LogP contribution in [0.5, 0.6) is 0 Å². The molecule has 0 aromatic carbocycles. The van der Waals surface area contributed by atoms with Crippen molar-refractivity contribution in [1.82, 2.24) is 10.2 Å². The van der Waals surface area contributed by atoms with Crippen molar-refractivity contribution in [2.45, 2.75) is 45.2 Å². The number of likely N-dealkylation sites (N-methyl/N-ethyl adjacent to an activating group) is 1. The van der Waals surface area contributed by atoms with E-state index in [1.54, 1.807) is 0 Å². The first-order chi connectivity index (χ1) is 7.72. The fourth-order valence-corrected chi connectivity index (χ4v) is 2.36. The number of carbonyl (C=O) groups is 1. The van der Waals surface area contributed by atoms with E-state index in [0.717, 1.165) is 13.1 Å². The molecule has 1 aliphatic heterocycles. The van der Waals surface area contributed by atoms with Gasteiger partial charge in [0.1, 0.15) is 6.04 Å². The number of likely N-dealkylation sites (tertiary alicyclic amines) is 1. The van der Waals surface area contributed by atoms with E-state index in [-0.39, 0.29) is 12.0 Å². The van der Waals surface area contributed by atoms with Crippen LogP contribution in [0.15, 0.2) is 0 Å². The molecule has 1 heterocycles. The first kappa shape index (κ1) is 13.5. The maximum atomic E-state index is 11.6. The summed E-state index contributed by atoms with van der Waals surface area (Å²) in [6.45, 7) is 6.38. The number of hydrogen-bond donors (Lipinski definition) is 1. The molecule has 4 nitrogen and oxygen atoms in total. The third-order valence-electron chi connectivity index (χ3n) is 3.31. The van der Waals surface area contributed by atoms with Crippen LogP contribution in [0.4, 0.5) is 0 Å². The van der Waals surface area contributed by atoms with Crippen LogP contribution in [0, 0.1) is 0 Å². The molecule has 1 saturated heterocycles. The normalized spacial score (nSPS) is 23.3. The molecule has 4 heteroatoms. The summed E-state index contributed by atoms with van der Waals surface area (Å²) in [4.78, 5) is 14.0. The topological polar surface area (TPSA) is 41.6 Å². The lowest BCUT2D eigenvalue weighted by Gasteiger charge is -2.27. The number of rotatable bonds is 6. The quantitative estimate of drug-likeness (QED) is 0.689. The van der Waals surface area contributed by atoms with Crippen LogP contribution in [-0.4, -0.2) is 49.7 Å². The van der Waals surface area contributed by atoms with Crippen LogP contribution < -0.4 is 5.32 Å². The second-order valence-electron chi connectivity index (χ2n) is 4.29. The molecule has 1 fully saturated rings. The van der Waals surface area contributed by atoms with E-state index in [1.165, 1.54) is 19.3 Å². The van der Waals surface area contributed by atoms with Crippen molar-refractivity contribution >= 4 is 5.97 Å². The lowest BCUT2D eigenvalue weighted by Crippen LogP contribution is -2.46. The molecule has 0 saturated carbocycles. The van der Waals surface area contributed by atoms with E-state index < -0.39 is 0 Å². The maximum Gasteiger partial charge on any atom is 0.324 e. The van der Waals surface area contributed by atoms with Crippen molar-refractivity contribution in [2.75, 3.05) is 26.7 Å². The van der Waals surface area contributed by atoms with Gasteiger partial charge in [0, 0.05) is 12.6 Å². The Morgan fingerprint density at radius 3 is 2.88 bits per heavy atom. The molecule has 16 heavy (non-hydrogen) atoms. The van der Waals surface area contributed by atoms with Crippen LogP contribution in [0.2, 0.25) is 0 Å². The summed E-state index contributed by atoms with van der Waals surface area (Å²) in [6.07, 6.45) is 3.67. The van der Waals surface area contributed by atoms with Crippen molar-refractivity contribution in [1.29, 1.82) is 0 Å². The third kappa shape index (κ3) is 3.46. The van der Waals surface area contributed by atoms with Gasteiger partial charge in [-0.1, -0.05) is 6.92 Å². The summed E-state index contributed by atoms with van der Waals surface area (Å²) in [5.41, 5.74) is 0. The van der Waals surface area contributed by atoms with Crippen LogP contribution in [0.1, 0.15) is 33.1 Å². The van der Waals surface area contributed by atoms with E-state index in [4.69, 9.17) is 4.74 Å². The van der Waals surface area contributed by atoms with Crippen LogP contribution in [-0.2, 0) is 9.53 Å². The average molecular weight is 228 g/mol. The van der Waals surface area contributed by atoms with Gasteiger partial charge in [0.05, 0.1) is 6.61 Å². The fourth-order valence-electron chi connectivity index (χ4n) is 2.36. The summed E-state index contributed by atoms with van der Waals surface area (Å²) in [5.74, 6) is -0.133. The van der Waals surface area contributed by atoms with Gasteiger partial charge in [-0.3, -0.25) is 9.69 Å². The zero-order valence-corrected chi connectivity index (χ0v) is 10.7. The zero-order valence-electron chi connectivity index (χ0n) is 10.7. The Kier molecular flexibility index (Phi) is 5.77. The fraction of sp³-hybridized carbons (Fsp3) is 0.917. The molecule has 1 aliphatic rings. The van der Waals surface area contributed by atoms with Gasteiger partial charge in [-0.05, 0) is 39.8 Å². The Labute approximate surface area is 98.3 Å². The van der Waals surface area contributed by atoms with E-state index in [2.05, 4.69) is 17.1 Å². The predicted octanol–water partition coefficient (Wildman–Crippen LogP) is 1.01. The van der Waals surface area contributed by atoms with Crippen molar-refractivity contribution in [3.8, 4) is 0 Å². The highest BCUT2D eigenvalue weighted by molar-refractivity contribution is 5.76. The number of esters is 1. The predicted molar refractivity (Wildman–Crippen MR) is 64.4 cm³/mol. The van der Waals surface area contributed by atoms with Crippen molar-refractivity contribution in [2.24, 2.45) is 0 Å². The lowest BCUT2D eigenvalue weighted by atomic mass is 10.1. The molecular weight excluding hydrogens is 204 g/mol. The van der Waals surface area contributed by atoms with Gasteiger partial charge in [0.25, 0.3) is 0 Å². The summed E-state index contributed by atoms with van der Waals surface area (Å²) >= 11 is 0. The van der Waals surface area contributed by atoms with Crippen LogP contribution in [0.3, 0.4) is 0 Å². The first-order valence-electron chi connectivity index (χ1n) is 6.30. The number of nitrogens with zero attached hydrogens (tertiary/aromatic N) is 1. The van der Waals surface area contributed by atoms with Crippen molar-refractivity contribution < 1.29 is 9.53 Å². The van der Waals surface area contributed by atoms with Crippen molar-refractivity contribution in [3.63, 3.8) is 0 Å². The molecule has 2 atom stereocenters. The number of hydrogen-bond acceptors (Lipinski definition) is 4. The Hall–Kier alpha value is -0.610. The molecule has 0 amide bonds. The van der Waals surface area contributed by atoms with Gasteiger partial charge < -0.3 is 10.1 Å². The first-order valence-corrected chi connectivity index (χ1v) is 6.30. The number of nitrogens with one attached hydrogen (secondary N) is 1. The molecule has 1 N–H and O–H groups in total. The van der Waals surface area contributed by atoms with E-state index in [1.807, 2.05) is 14.0 Å². The van der Waals surface area contributed by atoms with Crippen LogP contribution in [0.25, 0.3) is 0 Å². The molecule has 0 aromatic rings. The minimum absolute atomic E-state index is 0.133. The average Bonchev–Trinajstić information content (AvgIpc) is 2.73. The molecule has 0 bridgehead atoms. The van der Waals surface area contributed by atoms with E-state index >= 15 is 0 Å². The highest BCUT2D eigenvalue weighted by Gasteiger charge is 2.28. The zero-order chi connectivity index (χ0) is 12.0. The molecule has 0 radical (unpaired) electrons. The van der Waals surface area contributed by atoms with Gasteiger partial charge in [0.2, 0.25) is 0 Å². The second-order valence-corrected chi connectivity index (χ2v) is 4.29. The van der Waals surface area contributed by atoms with Gasteiger partial charge >= 0.3 is 5.97 Å². The van der Waals surface area contributed by atoms with Gasteiger partial charge in [-0.15, -0.1) is 0 Å². The SMILES string of the molecule is CCOC(=O)C(CN1CCCC1CC)NC. The second kappa shape index (κ2) is 6.86. The highest BCUT2D eigenvalue weighted by Crippen LogP contribution is 2.19. The molecule has 94 valence electrons. The summed E-state index contributed by atoms with van der Waals surface area (Å²) in [7, 11) is 1.82. The molecule has 1 rings (SSSR count). The summed E-state index contributed by atoms with van der Waals surface area (Å²) in [5, 5.41) is 3.04. The maximum absolute atomic E-state index is 11.6. The van der Waals surface area contributed by atoms with Gasteiger partial charge in [-0.2, -0.15) is 0 Å². The molecule has 0 aliphatic carbocycles. The minimum atomic E-state index is -0.188. The Bertz CT molecular complexity index is 221. The lowest BCUT2D eigenvalue weighted by molar-refractivity contribution is -0.146. The smallest absolute Gasteiger partial charge is 0.324 e. The molecular formula is C12H24N2O2. The van der Waals surface area contributed by atoms with Crippen LogP contribution >= 0.6 is 0 Å². The number of carbonyl (C=O) groups excluding carboxylic acids is 1. The van der Waals surface area contributed by atoms with E-state index in [0.29, 0.717) is 12.6 Å². The van der Waals surface area contributed by atoms with Gasteiger partial charge in [-0.25, -0.2) is 0 Å². The monoisotopic (exact) mass is 228 g/mol. The molecule has 2 unspecified atom stereocenters.